The van der Waals surface area contributed by atoms with Gasteiger partial charge in [-0.05, 0) is 50.2 Å². The van der Waals surface area contributed by atoms with Crippen LogP contribution in [0.4, 0.5) is 5.69 Å². The van der Waals surface area contributed by atoms with Crippen molar-refractivity contribution in [3.05, 3.63) is 48.5 Å². The van der Waals surface area contributed by atoms with E-state index in [2.05, 4.69) is 15.5 Å². The van der Waals surface area contributed by atoms with Crippen molar-refractivity contribution < 1.29 is 17.9 Å². The lowest BCUT2D eigenvalue weighted by Crippen LogP contribution is -2.17. The van der Waals surface area contributed by atoms with Crippen molar-refractivity contribution in [3.8, 4) is 17.1 Å². The lowest BCUT2D eigenvalue weighted by Gasteiger charge is -2.10. The number of thioether (sulfide) groups is 1. The number of nitrogen functional groups attached to an aromatic ring is 1. The summed E-state index contributed by atoms with van der Waals surface area (Å²) in [4.78, 5) is 12.2. The molecule has 12 heteroatoms. The topological polar surface area (TPSA) is 155 Å². The number of hydrogen-bond acceptors (Lipinski definition) is 8. The predicted molar refractivity (Wildman–Crippen MR) is 119 cm³/mol. The molecule has 3 aromatic rings. The summed E-state index contributed by atoms with van der Waals surface area (Å²) in [6.45, 7) is 3.87. The first-order valence-corrected chi connectivity index (χ1v) is 11.7. The Morgan fingerprint density at radius 2 is 1.90 bits per heavy atom. The molecule has 31 heavy (non-hydrogen) atoms. The van der Waals surface area contributed by atoms with Gasteiger partial charge in [0.25, 0.3) is 0 Å². The van der Waals surface area contributed by atoms with Crippen molar-refractivity contribution >= 4 is 33.4 Å². The highest BCUT2D eigenvalue weighted by Gasteiger charge is 2.15. The number of carbonyl (C=O) groups is 1. The third-order valence-corrected chi connectivity index (χ3v) is 5.80. The number of carbonyl (C=O) groups excluding carboxylic acids is 1. The fraction of sp³-hybridized carbons (Fsp3) is 0.211. The van der Waals surface area contributed by atoms with Crippen molar-refractivity contribution in [1.82, 2.24) is 14.9 Å². The zero-order valence-electron chi connectivity index (χ0n) is 16.8. The smallest absolute Gasteiger partial charge is 0.238 e. The van der Waals surface area contributed by atoms with Gasteiger partial charge in [0, 0.05) is 11.3 Å². The van der Waals surface area contributed by atoms with Gasteiger partial charge < -0.3 is 15.9 Å². The number of rotatable bonds is 8. The molecule has 1 heterocycles. The molecule has 0 unspecified atom stereocenters. The third kappa shape index (κ3) is 5.96. The summed E-state index contributed by atoms with van der Waals surface area (Å²) in [5, 5.41) is 16.2. The second-order valence-corrected chi connectivity index (χ2v) is 9.28. The van der Waals surface area contributed by atoms with E-state index in [1.165, 1.54) is 28.9 Å². The van der Waals surface area contributed by atoms with Crippen molar-refractivity contribution in [3.63, 3.8) is 0 Å². The molecule has 5 N–H and O–H groups in total. The summed E-state index contributed by atoms with van der Waals surface area (Å²) >= 11 is 1.12. The zero-order chi connectivity index (χ0) is 22.6. The molecule has 164 valence electrons. The lowest BCUT2D eigenvalue weighted by atomic mass is 10.2. The van der Waals surface area contributed by atoms with Crippen LogP contribution in [0.5, 0.6) is 5.75 Å². The molecule has 2 aromatic carbocycles. The molecule has 0 aliphatic rings. The summed E-state index contributed by atoms with van der Waals surface area (Å²) in [5.41, 5.74) is 1.18. The van der Waals surface area contributed by atoms with Crippen LogP contribution in [0.2, 0.25) is 0 Å². The van der Waals surface area contributed by atoms with Gasteiger partial charge in [-0.2, -0.15) is 0 Å². The normalized spacial score (nSPS) is 11.5. The van der Waals surface area contributed by atoms with E-state index in [-0.39, 0.29) is 22.7 Å². The average molecular weight is 463 g/mol. The third-order valence-electron chi connectivity index (χ3n) is 3.93. The van der Waals surface area contributed by atoms with Gasteiger partial charge in [0.05, 0.1) is 16.8 Å². The van der Waals surface area contributed by atoms with E-state index in [9.17, 15) is 13.2 Å². The number of amides is 1. The Bertz CT molecular complexity index is 1180. The Balaban J connectivity index is 1.63. The van der Waals surface area contributed by atoms with E-state index < -0.39 is 10.0 Å². The highest BCUT2D eigenvalue weighted by molar-refractivity contribution is 7.99. The van der Waals surface area contributed by atoms with Crippen molar-refractivity contribution in [1.29, 1.82) is 0 Å². The molecule has 0 aliphatic heterocycles. The number of anilines is 1. The van der Waals surface area contributed by atoms with Crippen LogP contribution in [-0.4, -0.2) is 41.1 Å². The maximum absolute atomic E-state index is 12.2. The van der Waals surface area contributed by atoms with Gasteiger partial charge in [-0.3, -0.25) is 4.79 Å². The fourth-order valence-electron chi connectivity index (χ4n) is 2.61. The molecule has 1 aromatic heterocycles. The first-order chi connectivity index (χ1) is 14.6. The van der Waals surface area contributed by atoms with E-state index in [0.29, 0.717) is 22.4 Å². The summed E-state index contributed by atoms with van der Waals surface area (Å²) < 4.78 is 29.6. The van der Waals surface area contributed by atoms with Gasteiger partial charge in [0.2, 0.25) is 21.1 Å². The summed E-state index contributed by atoms with van der Waals surface area (Å²) in [6, 6.07) is 12.9. The SMILES string of the molecule is CC(C)Oc1cccc(-c2nnc(SCC(=O)Nc3ccc(S(N)(=O)=O)cc3)n2N)c1. The second kappa shape index (κ2) is 9.37. The molecule has 0 aliphatic carbocycles. The predicted octanol–water partition coefficient (Wildman–Crippen LogP) is 1.82. The minimum Gasteiger partial charge on any atom is -0.491 e. The molecule has 3 rings (SSSR count). The van der Waals surface area contributed by atoms with Gasteiger partial charge in [-0.15, -0.1) is 10.2 Å². The molecule has 0 spiro atoms. The van der Waals surface area contributed by atoms with Crippen LogP contribution in [0, 0.1) is 0 Å². The van der Waals surface area contributed by atoms with Crippen LogP contribution in [0.25, 0.3) is 11.4 Å². The highest BCUT2D eigenvalue weighted by Crippen LogP contribution is 2.25. The quantitative estimate of drug-likeness (QED) is 0.338. The van der Waals surface area contributed by atoms with E-state index >= 15 is 0 Å². The van der Waals surface area contributed by atoms with Crippen molar-refractivity contribution in [2.24, 2.45) is 5.14 Å². The standard InChI is InChI=1S/C19H22N6O4S2/c1-12(2)29-15-5-3-4-13(10-15)18-23-24-19(25(18)20)30-11-17(26)22-14-6-8-16(9-7-14)31(21,27)28/h3-10,12H,11,20H2,1-2H3,(H,22,26)(H2,21,27,28). The Hall–Kier alpha value is -3.09. The van der Waals surface area contributed by atoms with Crippen LogP contribution >= 0.6 is 11.8 Å². The van der Waals surface area contributed by atoms with Gasteiger partial charge in [-0.25, -0.2) is 18.2 Å². The van der Waals surface area contributed by atoms with E-state index in [0.717, 1.165) is 17.3 Å². The van der Waals surface area contributed by atoms with Crippen LogP contribution in [0.3, 0.4) is 0 Å². The maximum atomic E-state index is 12.2. The first-order valence-electron chi connectivity index (χ1n) is 9.16. The number of primary sulfonamides is 1. The van der Waals surface area contributed by atoms with Gasteiger partial charge in [-0.1, -0.05) is 23.9 Å². The molecular weight excluding hydrogens is 440 g/mol. The number of ether oxygens (including phenoxy) is 1. The molecule has 0 fully saturated rings. The first kappa shape index (κ1) is 22.6. The second-order valence-electron chi connectivity index (χ2n) is 6.78. The summed E-state index contributed by atoms with van der Waals surface area (Å²) in [6.07, 6.45) is 0.0338. The number of hydrogen-bond donors (Lipinski definition) is 3. The number of nitrogens with two attached hydrogens (primary N) is 2. The van der Waals surface area contributed by atoms with Crippen LogP contribution < -0.4 is 21.0 Å². The van der Waals surface area contributed by atoms with E-state index in [1.807, 2.05) is 38.1 Å². The molecule has 1 amide bonds. The molecule has 10 nitrogen and oxygen atoms in total. The molecule has 0 atom stereocenters. The number of aromatic nitrogens is 3. The number of sulfonamides is 1. The summed E-state index contributed by atoms with van der Waals surface area (Å²) in [7, 11) is -3.79. The number of nitrogens with one attached hydrogen (secondary N) is 1. The number of nitrogens with zero attached hydrogens (tertiary/aromatic N) is 3. The molecule has 0 saturated heterocycles. The molecular formula is C19H22N6O4S2. The fourth-order valence-corrected chi connectivity index (χ4v) is 3.78. The van der Waals surface area contributed by atoms with Crippen LogP contribution in [0.15, 0.2) is 58.6 Å². The minimum atomic E-state index is -3.79. The largest absolute Gasteiger partial charge is 0.491 e. The van der Waals surface area contributed by atoms with Gasteiger partial charge >= 0.3 is 0 Å². The maximum Gasteiger partial charge on any atom is 0.238 e. The molecule has 0 bridgehead atoms. The Kier molecular flexibility index (Phi) is 6.83. The zero-order valence-corrected chi connectivity index (χ0v) is 18.5. The van der Waals surface area contributed by atoms with Crippen LogP contribution in [-0.2, 0) is 14.8 Å². The Morgan fingerprint density at radius 3 is 2.55 bits per heavy atom. The lowest BCUT2D eigenvalue weighted by molar-refractivity contribution is -0.113. The van der Waals surface area contributed by atoms with Gasteiger partial charge in [0.1, 0.15) is 5.75 Å². The Morgan fingerprint density at radius 1 is 1.19 bits per heavy atom. The monoisotopic (exact) mass is 462 g/mol. The van der Waals surface area contributed by atoms with Crippen molar-refractivity contribution in [2.45, 2.75) is 30.0 Å². The van der Waals surface area contributed by atoms with E-state index in [4.69, 9.17) is 15.7 Å². The minimum absolute atomic E-state index is 0.0305. The van der Waals surface area contributed by atoms with Gasteiger partial charge in [0.15, 0.2) is 5.82 Å². The van der Waals surface area contributed by atoms with E-state index in [1.54, 1.807) is 0 Å². The molecule has 0 saturated carbocycles. The highest BCUT2D eigenvalue weighted by atomic mass is 32.2. The Labute approximate surface area is 184 Å². The molecule has 0 radical (unpaired) electrons. The average Bonchev–Trinajstić information content (AvgIpc) is 3.06. The van der Waals surface area contributed by atoms with Crippen LogP contribution in [0.1, 0.15) is 13.8 Å². The van der Waals surface area contributed by atoms with Crippen molar-refractivity contribution in [2.75, 3.05) is 16.9 Å². The number of benzene rings is 2. The summed E-state index contributed by atoms with van der Waals surface area (Å²) in [5.74, 6) is 6.96.